The number of benzene rings is 2. The maximum Gasteiger partial charge on any atom is 0.586 e. The monoisotopic (exact) mass is 415 g/mol. The molecule has 4 rings (SSSR count). The molecule has 0 spiro atoms. The fraction of sp³-hybridized carbons (Fsp3) is 0.318. The third kappa shape index (κ3) is 5.34. The van der Waals surface area contributed by atoms with E-state index in [1.165, 1.54) is 23.8 Å². The van der Waals surface area contributed by atoms with Crippen molar-refractivity contribution < 1.29 is 23.0 Å². The van der Waals surface area contributed by atoms with Crippen LogP contribution in [-0.4, -0.2) is 61.3 Å². The average Bonchev–Trinajstić information content (AvgIpc) is 3.03. The van der Waals surface area contributed by atoms with E-state index >= 15 is 0 Å². The molecule has 0 radical (unpaired) electrons. The van der Waals surface area contributed by atoms with Crippen LogP contribution in [0.5, 0.6) is 11.5 Å². The number of piperazine rings is 1. The van der Waals surface area contributed by atoms with Gasteiger partial charge in [0.1, 0.15) is 0 Å². The lowest BCUT2D eigenvalue weighted by Gasteiger charge is -2.33. The zero-order chi connectivity index (χ0) is 21.0. The first-order valence-electron chi connectivity index (χ1n) is 9.83. The van der Waals surface area contributed by atoms with Crippen LogP contribution < -0.4 is 14.8 Å². The molecular weight excluding hydrogens is 392 g/mol. The first-order valence-corrected chi connectivity index (χ1v) is 9.83. The smallest absolute Gasteiger partial charge is 0.395 e. The minimum Gasteiger partial charge on any atom is -0.395 e. The van der Waals surface area contributed by atoms with Gasteiger partial charge in [0.05, 0.1) is 6.54 Å². The van der Waals surface area contributed by atoms with Gasteiger partial charge in [0.25, 0.3) is 0 Å². The number of rotatable bonds is 6. The van der Waals surface area contributed by atoms with Gasteiger partial charge in [0.15, 0.2) is 11.5 Å². The molecule has 2 aromatic rings. The number of halogens is 2. The van der Waals surface area contributed by atoms with Gasteiger partial charge >= 0.3 is 6.29 Å². The number of carbonyl (C=O) groups is 1. The molecule has 1 saturated heterocycles. The predicted octanol–water partition coefficient (Wildman–Crippen LogP) is 3.28. The molecule has 0 aliphatic carbocycles. The highest BCUT2D eigenvalue weighted by Gasteiger charge is 2.43. The summed E-state index contributed by atoms with van der Waals surface area (Å²) in [6.45, 7) is 4.46. The van der Waals surface area contributed by atoms with E-state index in [0.717, 1.165) is 32.7 Å². The van der Waals surface area contributed by atoms with Gasteiger partial charge in [-0.25, -0.2) is 0 Å². The van der Waals surface area contributed by atoms with Crippen LogP contribution in [0.15, 0.2) is 54.6 Å². The van der Waals surface area contributed by atoms with Gasteiger partial charge in [-0.15, -0.1) is 8.78 Å². The molecular formula is C22H23F2N3O3. The summed E-state index contributed by atoms with van der Waals surface area (Å²) in [5.41, 5.74) is 1.57. The molecule has 30 heavy (non-hydrogen) atoms. The van der Waals surface area contributed by atoms with Crippen molar-refractivity contribution in [3.63, 3.8) is 0 Å². The Morgan fingerprint density at radius 1 is 1.00 bits per heavy atom. The van der Waals surface area contributed by atoms with Gasteiger partial charge in [-0.2, -0.15) is 0 Å². The Balaban J connectivity index is 1.20. The number of hydrogen-bond acceptors (Lipinski definition) is 5. The van der Waals surface area contributed by atoms with E-state index in [1.807, 2.05) is 18.2 Å². The number of alkyl halides is 2. The number of amides is 1. The summed E-state index contributed by atoms with van der Waals surface area (Å²) in [6, 6.07) is 14.4. The number of hydrogen-bond donors (Lipinski definition) is 1. The summed E-state index contributed by atoms with van der Waals surface area (Å²) < 4.78 is 34.9. The van der Waals surface area contributed by atoms with Crippen LogP contribution in [0.25, 0.3) is 6.08 Å². The fourth-order valence-electron chi connectivity index (χ4n) is 3.46. The van der Waals surface area contributed by atoms with Crippen molar-refractivity contribution in [1.82, 2.24) is 9.80 Å². The molecule has 0 aromatic heterocycles. The Hall–Kier alpha value is -2.97. The second-order valence-electron chi connectivity index (χ2n) is 7.27. The van der Waals surface area contributed by atoms with E-state index in [-0.39, 0.29) is 24.0 Å². The van der Waals surface area contributed by atoms with Crippen molar-refractivity contribution in [3.05, 3.63) is 60.2 Å². The van der Waals surface area contributed by atoms with Crippen molar-refractivity contribution in [2.75, 3.05) is 44.6 Å². The van der Waals surface area contributed by atoms with E-state index in [2.05, 4.69) is 48.9 Å². The van der Waals surface area contributed by atoms with Crippen molar-refractivity contribution in [2.45, 2.75) is 6.29 Å². The first kappa shape index (κ1) is 20.3. The molecule has 6 nitrogen and oxygen atoms in total. The number of nitrogens with zero attached hydrogens (tertiary/aromatic N) is 2. The number of ether oxygens (including phenoxy) is 2. The molecule has 1 N–H and O–H groups in total. The first-order chi connectivity index (χ1) is 14.5. The highest BCUT2D eigenvalue weighted by Crippen LogP contribution is 2.42. The molecule has 0 bridgehead atoms. The summed E-state index contributed by atoms with van der Waals surface area (Å²) in [7, 11) is 0. The molecule has 2 aliphatic heterocycles. The maximum atomic E-state index is 13.1. The number of carbonyl (C=O) groups excluding carboxylic acids is 1. The number of anilines is 1. The van der Waals surface area contributed by atoms with Gasteiger partial charge in [0.2, 0.25) is 5.91 Å². The second-order valence-corrected chi connectivity index (χ2v) is 7.27. The Morgan fingerprint density at radius 3 is 2.47 bits per heavy atom. The van der Waals surface area contributed by atoms with Crippen molar-refractivity contribution in [1.29, 1.82) is 0 Å². The molecule has 2 aromatic carbocycles. The molecule has 158 valence electrons. The SMILES string of the molecule is O=C(CN1CCN(C/C=C/c2ccccc2)CC1)Nc1ccc2c(c1)OC(F)(F)O2. The molecule has 0 saturated carbocycles. The van der Waals surface area contributed by atoms with Gasteiger partial charge in [-0.3, -0.25) is 14.6 Å². The third-order valence-corrected chi connectivity index (χ3v) is 4.99. The molecule has 0 atom stereocenters. The number of fused-ring (bicyclic) bond motifs is 1. The molecule has 1 fully saturated rings. The van der Waals surface area contributed by atoms with Crippen LogP contribution in [0, 0.1) is 0 Å². The quantitative estimate of drug-likeness (QED) is 0.785. The van der Waals surface area contributed by atoms with Crippen LogP contribution in [0.4, 0.5) is 14.5 Å². The largest absolute Gasteiger partial charge is 0.586 e. The standard InChI is InChI=1S/C22H23F2N3O3/c23-22(24)29-19-9-8-18(15-20(19)30-22)25-21(28)16-27-13-11-26(12-14-27)10-4-7-17-5-2-1-3-6-17/h1-9,15H,10-14,16H2,(H,25,28)/b7-4+. The lowest BCUT2D eigenvalue weighted by Crippen LogP contribution is -2.48. The van der Waals surface area contributed by atoms with Gasteiger partial charge in [-0.1, -0.05) is 42.5 Å². The fourth-order valence-corrected chi connectivity index (χ4v) is 3.46. The molecule has 0 unspecified atom stereocenters. The van der Waals surface area contributed by atoms with Crippen LogP contribution in [-0.2, 0) is 4.79 Å². The van der Waals surface area contributed by atoms with Crippen LogP contribution in [0.1, 0.15) is 5.56 Å². The Kier molecular flexibility index (Phi) is 5.96. The molecule has 8 heteroatoms. The van der Waals surface area contributed by atoms with E-state index in [0.29, 0.717) is 5.69 Å². The van der Waals surface area contributed by atoms with Crippen molar-refractivity contribution in [2.24, 2.45) is 0 Å². The average molecular weight is 415 g/mol. The van der Waals surface area contributed by atoms with Gasteiger partial charge < -0.3 is 14.8 Å². The van der Waals surface area contributed by atoms with E-state index < -0.39 is 6.29 Å². The maximum absolute atomic E-state index is 13.1. The topological polar surface area (TPSA) is 54.0 Å². The summed E-state index contributed by atoms with van der Waals surface area (Å²) in [5.74, 6) is -0.330. The van der Waals surface area contributed by atoms with Crippen molar-refractivity contribution in [3.8, 4) is 11.5 Å². The highest BCUT2D eigenvalue weighted by molar-refractivity contribution is 5.92. The van der Waals surface area contributed by atoms with E-state index in [1.54, 1.807) is 0 Å². The van der Waals surface area contributed by atoms with Crippen molar-refractivity contribution >= 4 is 17.7 Å². The Morgan fingerprint density at radius 2 is 1.70 bits per heavy atom. The Labute approximate surface area is 173 Å². The summed E-state index contributed by atoms with van der Waals surface area (Å²) >= 11 is 0. The van der Waals surface area contributed by atoms with Crippen LogP contribution in [0.2, 0.25) is 0 Å². The van der Waals surface area contributed by atoms with Gasteiger partial charge in [-0.05, 0) is 17.7 Å². The second kappa shape index (κ2) is 8.81. The lowest BCUT2D eigenvalue weighted by atomic mass is 10.2. The lowest BCUT2D eigenvalue weighted by molar-refractivity contribution is -0.286. The number of nitrogens with one attached hydrogen (secondary N) is 1. The summed E-state index contributed by atoms with van der Waals surface area (Å²) in [4.78, 5) is 16.7. The van der Waals surface area contributed by atoms with E-state index in [4.69, 9.17) is 0 Å². The molecule has 1 amide bonds. The predicted molar refractivity (Wildman–Crippen MR) is 110 cm³/mol. The highest BCUT2D eigenvalue weighted by atomic mass is 19.3. The Bertz CT molecular complexity index is 913. The van der Waals surface area contributed by atoms with Crippen LogP contribution >= 0.6 is 0 Å². The zero-order valence-corrected chi connectivity index (χ0v) is 16.4. The molecule has 2 aliphatic rings. The molecule has 2 heterocycles. The summed E-state index contributed by atoms with van der Waals surface area (Å²) in [5, 5.41) is 2.72. The van der Waals surface area contributed by atoms with Crippen LogP contribution in [0.3, 0.4) is 0 Å². The van der Waals surface area contributed by atoms with Gasteiger partial charge in [0, 0.05) is 44.5 Å². The normalized spacial score (nSPS) is 18.6. The van der Waals surface area contributed by atoms with E-state index in [9.17, 15) is 13.6 Å². The minimum absolute atomic E-state index is 0.0459. The summed E-state index contributed by atoms with van der Waals surface area (Å²) in [6.07, 6.45) is 0.600. The third-order valence-electron chi connectivity index (χ3n) is 4.99. The zero-order valence-electron chi connectivity index (χ0n) is 16.4. The minimum atomic E-state index is -3.67.